The highest BCUT2D eigenvalue weighted by Crippen LogP contribution is 2.20. The van der Waals surface area contributed by atoms with E-state index in [0.29, 0.717) is 12.4 Å². The Balaban J connectivity index is 1.66. The minimum atomic E-state index is 0.0131. The van der Waals surface area contributed by atoms with Crippen LogP contribution in [0, 0.1) is 20.8 Å². The van der Waals surface area contributed by atoms with Gasteiger partial charge in [-0.15, -0.1) is 0 Å². The zero-order valence-corrected chi connectivity index (χ0v) is 13.9. The van der Waals surface area contributed by atoms with Crippen molar-refractivity contribution in [3.05, 3.63) is 58.8 Å². The zero-order valence-electron chi connectivity index (χ0n) is 13.9. The Morgan fingerprint density at radius 1 is 1.17 bits per heavy atom. The van der Waals surface area contributed by atoms with E-state index in [4.69, 9.17) is 4.74 Å². The molecule has 1 aromatic carbocycles. The van der Waals surface area contributed by atoms with Gasteiger partial charge in [-0.25, -0.2) is 4.98 Å². The van der Waals surface area contributed by atoms with Crippen LogP contribution in [0.1, 0.15) is 33.6 Å². The molecule has 1 saturated heterocycles. The Bertz CT molecular complexity index is 707. The van der Waals surface area contributed by atoms with Gasteiger partial charge in [-0.05, 0) is 39.0 Å². The molecule has 0 saturated carbocycles. The van der Waals surface area contributed by atoms with Gasteiger partial charge in [0, 0.05) is 30.3 Å². The van der Waals surface area contributed by atoms with Gasteiger partial charge in [0.05, 0.1) is 6.54 Å². The maximum Gasteiger partial charge on any atom is 0.254 e. The van der Waals surface area contributed by atoms with E-state index in [0.717, 1.165) is 35.3 Å². The van der Waals surface area contributed by atoms with Crippen molar-refractivity contribution in [3.8, 4) is 5.88 Å². The van der Waals surface area contributed by atoms with Crippen LogP contribution < -0.4 is 4.74 Å². The average Bonchev–Trinajstić information content (AvgIpc) is 2.94. The molecule has 2 heterocycles. The summed E-state index contributed by atoms with van der Waals surface area (Å²) in [4.78, 5) is 18.9. The number of nitrogens with zero attached hydrogens (tertiary/aromatic N) is 2. The summed E-state index contributed by atoms with van der Waals surface area (Å²) in [5.41, 5.74) is 3.93. The molecule has 23 heavy (non-hydrogen) atoms. The first-order chi connectivity index (χ1) is 11.0. The molecule has 1 aromatic heterocycles. The van der Waals surface area contributed by atoms with Gasteiger partial charge in [-0.1, -0.05) is 23.3 Å². The van der Waals surface area contributed by atoms with Crippen LogP contribution in [0.3, 0.4) is 0 Å². The minimum Gasteiger partial charge on any atom is -0.472 e. The fraction of sp³-hybridized carbons (Fsp3) is 0.368. The van der Waals surface area contributed by atoms with Crippen LogP contribution in [-0.4, -0.2) is 35.0 Å². The van der Waals surface area contributed by atoms with Gasteiger partial charge in [-0.2, -0.15) is 0 Å². The summed E-state index contributed by atoms with van der Waals surface area (Å²) in [5.74, 6) is 0.718. The number of benzene rings is 1. The predicted octanol–water partition coefficient (Wildman–Crippen LogP) is 3.30. The van der Waals surface area contributed by atoms with Crippen molar-refractivity contribution in [2.45, 2.75) is 33.3 Å². The quantitative estimate of drug-likeness (QED) is 0.873. The van der Waals surface area contributed by atoms with Gasteiger partial charge in [0.25, 0.3) is 5.91 Å². The van der Waals surface area contributed by atoms with Crippen molar-refractivity contribution in [3.63, 3.8) is 0 Å². The molecule has 2 aromatic rings. The first kappa shape index (κ1) is 15.5. The number of hydrogen-bond donors (Lipinski definition) is 0. The highest BCUT2D eigenvalue weighted by molar-refractivity contribution is 5.94. The SMILES string of the molecule is Cc1cc(C)cc(C(=O)N2CCC(Oc3cccc(C)n3)C2)c1. The zero-order chi connectivity index (χ0) is 16.4. The van der Waals surface area contributed by atoms with Crippen molar-refractivity contribution >= 4 is 5.91 Å². The molecule has 1 fully saturated rings. The van der Waals surface area contributed by atoms with E-state index >= 15 is 0 Å². The van der Waals surface area contributed by atoms with Crippen LogP contribution in [0.2, 0.25) is 0 Å². The minimum absolute atomic E-state index is 0.0131. The molecule has 1 amide bonds. The standard InChI is InChI=1S/C19H22N2O2/c1-13-9-14(2)11-16(10-13)19(22)21-8-7-17(12-21)23-18-6-4-5-15(3)20-18/h4-6,9-11,17H,7-8,12H2,1-3H3. The van der Waals surface area contributed by atoms with E-state index in [2.05, 4.69) is 11.1 Å². The summed E-state index contributed by atoms with van der Waals surface area (Å²) in [6.45, 7) is 7.31. The molecular formula is C19H22N2O2. The topological polar surface area (TPSA) is 42.4 Å². The van der Waals surface area contributed by atoms with Crippen LogP contribution >= 0.6 is 0 Å². The average molecular weight is 310 g/mol. The molecule has 0 radical (unpaired) electrons. The number of likely N-dealkylation sites (tertiary alicyclic amines) is 1. The first-order valence-corrected chi connectivity index (χ1v) is 7.99. The summed E-state index contributed by atoms with van der Waals surface area (Å²) in [6.07, 6.45) is 0.853. The molecule has 0 spiro atoms. The van der Waals surface area contributed by atoms with Gasteiger partial charge < -0.3 is 9.64 Å². The van der Waals surface area contributed by atoms with Crippen molar-refractivity contribution in [1.82, 2.24) is 9.88 Å². The second-order valence-corrected chi connectivity index (χ2v) is 6.27. The molecule has 120 valence electrons. The van der Waals surface area contributed by atoms with E-state index in [1.165, 1.54) is 0 Å². The van der Waals surface area contributed by atoms with Crippen molar-refractivity contribution in [2.24, 2.45) is 0 Å². The second-order valence-electron chi connectivity index (χ2n) is 6.27. The Morgan fingerprint density at radius 3 is 2.61 bits per heavy atom. The summed E-state index contributed by atoms with van der Waals surface area (Å²) in [5, 5.41) is 0. The highest BCUT2D eigenvalue weighted by atomic mass is 16.5. The maximum atomic E-state index is 12.7. The maximum absolute atomic E-state index is 12.7. The number of rotatable bonds is 3. The second kappa shape index (κ2) is 6.41. The van der Waals surface area contributed by atoms with Crippen LogP contribution in [0.5, 0.6) is 5.88 Å². The highest BCUT2D eigenvalue weighted by Gasteiger charge is 2.28. The molecule has 4 heteroatoms. The smallest absolute Gasteiger partial charge is 0.254 e. The third-order valence-electron chi connectivity index (χ3n) is 4.05. The number of aryl methyl sites for hydroxylation is 3. The van der Waals surface area contributed by atoms with Gasteiger partial charge in [0.2, 0.25) is 5.88 Å². The number of hydrogen-bond acceptors (Lipinski definition) is 3. The molecule has 4 nitrogen and oxygen atoms in total. The fourth-order valence-electron chi connectivity index (χ4n) is 3.04. The summed E-state index contributed by atoms with van der Waals surface area (Å²) in [7, 11) is 0. The molecule has 0 N–H and O–H groups in total. The van der Waals surface area contributed by atoms with Gasteiger partial charge in [0.15, 0.2) is 0 Å². The molecule has 0 bridgehead atoms. The molecule has 0 aliphatic carbocycles. The Morgan fingerprint density at radius 2 is 1.91 bits per heavy atom. The number of pyridine rings is 1. The molecular weight excluding hydrogens is 288 g/mol. The van der Waals surface area contributed by atoms with Crippen LogP contribution in [-0.2, 0) is 0 Å². The molecule has 1 aliphatic rings. The van der Waals surface area contributed by atoms with Crippen LogP contribution in [0.4, 0.5) is 0 Å². The monoisotopic (exact) mass is 310 g/mol. The third kappa shape index (κ3) is 3.70. The molecule has 1 unspecified atom stereocenters. The van der Waals surface area contributed by atoms with E-state index in [9.17, 15) is 4.79 Å². The predicted molar refractivity (Wildman–Crippen MR) is 89.8 cm³/mol. The lowest BCUT2D eigenvalue weighted by Gasteiger charge is -2.17. The summed E-state index contributed by atoms with van der Waals surface area (Å²) in [6, 6.07) is 11.7. The molecule has 1 atom stereocenters. The third-order valence-corrected chi connectivity index (χ3v) is 4.05. The van der Waals surface area contributed by atoms with Crippen LogP contribution in [0.25, 0.3) is 0 Å². The number of ether oxygens (including phenoxy) is 1. The van der Waals surface area contributed by atoms with E-state index in [1.807, 2.05) is 56.0 Å². The lowest BCUT2D eigenvalue weighted by molar-refractivity contribution is 0.0771. The first-order valence-electron chi connectivity index (χ1n) is 7.99. The number of aromatic nitrogens is 1. The Kier molecular flexibility index (Phi) is 4.33. The molecule has 1 aliphatic heterocycles. The van der Waals surface area contributed by atoms with E-state index < -0.39 is 0 Å². The van der Waals surface area contributed by atoms with Gasteiger partial charge in [-0.3, -0.25) is 4.79 Å². The van der Waals surface area contributed by atoms with Crippen molar-refractivity contribution < 1.29 is 9.53 Å². The van der Waals surface area contributed by atoms with Gasteiger partial charge in [0.1, 0.15) is 6.10 Å². The lowest BCUT2D eigenvalue weighted by Crippen LogP contribution is -2.31. The molecule has 3 rings (SSSR count). The summed E-state index contributed by atoms with van der Waals surface area (Å²) < 4.78 is 5.91. The number of amides is 1. The fourth-order valence-corrected chi connectivity index (χ4v) is 3.04. The normalized spacial score (nSPS) is 17.3. The number of carbonyl (C=O) groups excluding carboxylic acids is 1. The van der Waals surface area contributed by atoms with Crippen molar-refractivity contribution in [2.75, 3.05) is 13.1 Å². The van der Waals surface area contributed by atoms with Crippen LogP contribution in [0.15, 0.2) is 36.4 Å². The Labute approximate surface area is 137 Å². The largest absolute Gasteiger partial charge is 0.472 e. The Hall–Kier alpha value is -2.36. The number of carbonyl (C=O) groups is 1. The van der Waals surface area contributed by atoms with E-state index in [-0.39, 0.29) is 12.0 Å². The van der Waals surface area contributed by atoms with Gasteiger partial charge >= 0.3 is 0 Å². The summed E-state index contributed by atoms with van der Waals surface area (Å²) >= 11 is 0. The van der Waals surface area contributed by atoms with Crippen molar-refractivity contribution in [1.29, 1.82) is 0 Å². The lowest BCUT2D eigenvalue weighted by atomic mass is 10.1. The van der Waals surface area contributed by atoms with E-state index in [1.54, 1.807) is 0 Å².